The number of hydrogen-bond donors (Lipinski definition) is 0. The standard InChI is InChI=1S/C25H26N4O4S/c1-16-7-9-20(10-8-16)34(31,32)21(13-26)12-22-24(28-14-18(3)33-19(4)15-28)27-23-17(2)6-5-11-29(23)25(22)30/h5-12,18-19H,14-15H2,1-4H3/b21-12+/t18-,19-/m1/s1. The van der Waals surface area contributed by atoms with E-state index in [-0.39, 0.29) is 22.7 Å². The van der Waals surface area contributed by atoms with E-state index in [9.17, 15) is 18.5 Å². The Morgan fingerprint density at radius 2 is 1.79 bits per heavy atom. The molecule has 9 heteroatoms. The highest BCUT2D eigenvalue weighted by molar-refractivity contribution is 7.95. The summed E-state index contributed by atoms with van der Waals surface area (Å²) >= 11 is 0. The summed E-state index contributed by atoms with van der Waals surface area (Å²) < 4.78 is 33.7. The number of nitrogens with zero attached hydrogens (tertiary/aromatic N) is 4. The second-order valence-corrected chi connectivity index (χ2v) is 10.6. The molecule has 4 rings (SSSR count). The van der Waals surface area contributed by atoms with Crippen molar-refractivity contribution in [3.8, 4) is 6.07 Å². The normalized spacial score (nSPS) is 19.3. The van der Waals surface area contributed by atoms with Gasteiger partial charge >= 0.3 is 0 Å². The molecule has 3 aromatic rings. The lowest BCUT2D eigenvalue weighted by molar-refractivity contribution is -0.00546. The maximum Gasteiger partial charge on any atom is 0.267 e. The van der Waals surface area contributed by atoms with Crippen LogP contribution in [0.4, 0.5) is 5.82 Å². The summed E-state index contributed by atoms with van der Waals surface area (Å²) in [6, 6.07) is 11.6. The van der Waals surface area contributed by atoms with E-state index < -0.39 is 20.3 Å². The SMILES string of the molecule is Cc1ccc(S(=O)(=O)/C(C#N)=C/c2c(N3C[C@@H](C)O[C@H](C)C3)nc3c(C)cccn3c2=O)cc1. The molecule has 0 amide bonds. The van der Waals surface area contributed by atoms with Gasteiger partial charge in [-0.15, -0.1) is 0 Å². The molecular weight excluding hydrogens is 452 g/mol. The molecule has 0 aliphatic carbocycles. The Morgan fingerprint density at radius 3 is 2.41 bits per heavy atom. The number of hydrogen-bond acceptors (Lipinski definition) is 7. The predicted molar refractivity (Wildman–Crippen MR) is 130 cm³/mol. The van der Waals surface area contributed by atoms with Gasteiger partial charge in [0.15, 0.2) is 0 Å². The number of nitriles is 1. The molecule has 1 aliphatic rings. The van der Waals surface area contributed by atoms with Gasteiger partial charge < -0.3 is 9.64 Å². The second kappa shape index (κ2) is 9.05. The van der Waals surface area contributed by atoms with Gasteiger partial charge in [0, 0.05) is 19.3 Å². The van der Waals surface area contributed by atoms with Crippen molar-refractivity contribution in [1.29, 1.82) is 5.26 Å². The van der Waals surface area contributed by atoms with Gasteiger partial charge in [0.1, 0.15) is 22.4 Å². The molecular formula is C25H26N4O4S. The molecule has 2 atom stereocenters. The third kappa shape index (κ3) is 4.34. The van der Waals surface area contributed by atoms with Gasteiger partial charge in [-0.1, -0.05) is 23.8 Å². The van der Waals surface area contributed by atoms with Crippen LogP contribution in [-0.4, -0.2) is 43.1 Å². The van der Waals surface area contributed by atoms with Crippen molar-refractivity contribution in [3.05, 3.63) is 74.5 Å². The first-order valence-electron chi connectivity index (χ1n) is 11.0. The Morgan fingerprint density at radius 1 is 1.15 bits per heavy atom. The zero-order valence-corrected chi connectivity index (χ0v) is 20.3. The third-order valence-corrected chi connectivity index (χ3v) is 7.47. The molecule has 0 bridgehead atoms. The monoisotopic (exact) mass is 478 g/mol. The maximum absolute atomic E-state index is 13.6. The second-order valence-electron chi connectivity index (χ2n) is 8.64. The van der Waals surface area contributed by atoms with Crippen LogP contribution >= 0.6 is 0 Å². The number of benzene rings is 1. The van der Waals surface area contributed by atoms with E-state index in [4.69, 9.17) is 9.72 Å². The van der Waals surface area contributed by atoms with Gasteiger partial charge in [-0.3, -0.25) is 9.20 Å². The van der Waals surface area contributed by atoms with E-state index >= 15 is 0 Å². The van der Waals surface area contributed by atoms with Crippen molar-refractivity contribution in [2.75, 3.05) is 18.0 Å². The largest absolute Gasteiger partial charge is 0.372 e. The van der Waals surface area contributed by atoms with Crippen molar-refractivity contribution < 1.29 is 13.2 Å². The van der Waals surface area contributed by atoms with E-state index in [1.165, 1.54) is 16.5 Å². The number of sulfone groups is 1. The first kappa shape index (κ1) is 23.7. The van der Waals surface area contributed by atoms with Crippen molar-refractivity contribution >= 4 is 27.4 Å². The number of aromatic nitrogens is 2. The minimum absolute atomic E-state index is 0.00855. The Kier molecular flexibility index (Phi) is 6.30. The van der Waals surface area contributed by atoms with Crippen LogP contribution in [0.25, 0.3) is 11.7 Å². The highest BCUT2D eigenvalue weighted by Crippen LogP contribution is 2.27. The van der Waals surface area contributed by atoms with Gasteiger partial charge in [0.05, 0.1) is 22.7 Å². The van der Waals surface area contributed by atoms with E-state index in [2.05, 4.69) is 0 Å². The van der Waals surface area contributed by atoms with Crippen LogP contribution in [0.5, 0.6) is 0 Å². The fourth-order valence-corrected chi connectivity index (χ4v) is 5.31. The molecule has 34 heavy (non-hydrogen) atoms. The van der Waals surface area contributed by atoms with E-state index in [0.717, 1.165) is 17.2 Å². The van der Waals surface area contributed by atoms with Crippen LogP contribution in [0.15, 0.2) is 57.2 Å². The van der Waals surface area contributed by atoms with Crippen LogP contribution < -0.4 is 10.5 Å². The Bertz CT molecular complexity index is 1470. The van der Waals surface area contributed by atoms with Gasteiger partial charge in [-0.2, -0.15) is 5.26 Å². The van der Waals surface area contributed by atoms with Crippen LogP contribution in [0.1, 0.15) is 30.5 Å². The number of anilines is 1. The minimum Gasteiger partial charge on any atom is -0.372 e. The van der Waals surface area contributed by atoms with E-state index in [1.54, 1.807) is 30.5 Å². The number of aryl methyl sites for hydroxylation is 2. The first-order chi connectivity index (χ1) is 16.1. The van der Waals surface area contributed by atoms with Gasteiger partial charge in [-0.25, -0.2) is 13.4 Å². The fraction of sp³-hybridized carbons (Fsp3) is 0.320. The molecule has 0 saturated carbocycles. The Balaban J connectivity index is 1.97. The van der Waals surface area contributed by atoms with E-state index in [0.29, 0.717) is 24.6 Å². The van der Waals surface area contributed by atoms with Gasteiger partial charge in [0.2, 0.25) is 9.84 Å². The van der Waals surface area contributed by atoms with Gasteiger partial charge in [0.25, 0.3) is 5.56 Å². The summed E-state index contributed by atoms with van der Waals surface area (Å²) in [6.07, 6.45) is 2.53. The fourth-order valence-electron chi connectivity index (χ4n) is 4.16. The molecule has 3 heterocycles. The molecule has 1 saturated heterocycles. The highest BCUT2D eigenvalue weighted by Gasteiger charge is 2.28. The number of rotatable bonds is 4. The summed E-state index contributed by atoms with van der Waals surface area (Å²) in [5, 5.41) is 9.81. The maximum atomic E-state index is 13.6. The summed E-state index contributed by atoms with van der Waals surface area (Å²) in [6.45, 7) is 8.52. The number of morpholine rings is 1. The summed E-state index contributed by atoms with van der Waals surface area (Å²) in [7, 11) is -4.13. The van der Waals surface area contributed by atoms with Crippen molar-refractivity contribution in [2.45, 2.75) is 44.8 Å². The van der Waals surface area contributed by atoms with Crippen molar-refractivity contribution in [1.82, 2.24) is 9.38 Å². The van der Waals surface area contributed by atoms with Crippen LogP contribution in [0.3, 0.4) is 0 Å². The molecule has 1 aromatic carbocycles. The molecule has 0 spiro atoms. The third-order valence-electron chi connectivity index (χ3n) is 5.79. The van der Waals surface area contributed by atoms with Crippen LogP contribution in [-0.2, 0) is 14.6 Å². The lowest BCUT2D eigenvalue weighted by atomic mass is 10.1. The van der Waals surface area contributed by atoms with Gasteiger partial charge in [-0.05, 0) is 57.5 Å². The van der Waals surface area contributed by atoms with Crippen molar-refractivity contribution in [3.63, 3.8) is 0 Å². The molecule has 176 valence electrons. The molecule has 0 unspecified atom stereocenters. The van der Waals surface area contributed by atoms with Crippen molar-refractivity contribution in [2.24, 2.45) is 0 Å². The number of fused-ring (bicyclic) bond motifs is 1. The number of ether oxygens (including phenoxy) is 1. The molecule has 2 aromatic heterocycles. The predicted octanol–water partition coefficient (Wildman–Crippen LogP) is 3.26. The minimum atomic E-state index is -4.13. The highest BCUT2D eigenvalue weighted by atomic mass is 32.2. The number of pyridine rings is 1. The smallest absolute Gasteiger partial charge is 0.267 e. The molecule has 0 N–H and O–H groups in total. The summed E-state index contributed by atoms with van der Waals surface area (Å²) in [4.78, 5) is 19.7. The lowest BCUT2D eigenvalue weighted by Crippen LogP contribution is -2.46. The average molecular weight is 479 g/mol. The van der Waals surface area contributed by atoms with E-state index in [1.807, 2.05) is 38.7 Å². The topological polar surface area (TPSA) is 105 Å². The Labute approximate surface area is 198 Å². The first-order valence-corrected chi connectivity index (χ1v) is 12.5. The molecule has 0 radical (unpaired) electrons. The summed E-state index contributed by atoms with van der Waals surface area (Å²) in [5.74, 6) is 0.341. The Hall–Kier alpha value is -3.48. The zero-order valence-electron chi connectivity index (χ0n) is 19.5. The molecule has 1 fully saturated rings. The quantitative estimate of drug-likeness (QED) is 0.530. The van der Waals surface area contributed by atoms with Crippen LogP contribution in [0.2, 0.25) is 0 Å². The summed E-state index contributed by atoms with van der Waals surface area (Å²) in [5.41, 5.74) is 1.79. The number of allylic oxidation sites excluding steroid dienone is 1. The molecule has 8 nitrogen and oxygen atoms in total. The average Bonchev–Trinajstić information content (AvgIpc) is 2.78. The van der Waals surface area contributed by atoms with Crippen LogP contribution in [0, 0.1) is 25.2 Å². The lowest BCUT2D eigenvalue weighted by Gasteiger charge is -2.36. The molecule has 1 aliphatic heterocycles. The zero-order chi connectivity index (χ0) is 24.6.